The van der Waals surface area contributed by atoms with Gasteiger partial charge in [-0.25, -0.2) is 9.29 Å². The summed E-state index contributed by atoms with van der Waals surface area (Å²) < 4.78 is 19.9. The number of allylic oxidation sites excluding steroid dienone is 2. The number of aryl methyl sites for hydroxylation is 1. The SMILES string of the molecule is CCc1ccc(N2C(=O)[C@H]3[C@H](CC=C4[C@H]3C[C@@]3(Cl)C(=O)N(c5ccc(F)cc5)C(=O)[C@@]3(Cl)[C@H]4c3cc(OC)c(O)c(Br)c3Br)C2=O)cc1. The second-order valence-electron chi connectivity index (χ2n) is 12.4. The van der Waals surface area contributed by atoms with Gasteiger partial charge in [-0.3, -0.25) is 24.1 Å². The van der Waals surface area contributed by atoms with Crippen molar-refractivity contribution >= 4 is 90.1 Å². The van der Waals surface area contributed by atoms with E-state index in [4.69, 9.17) is 27.9 Å². The summed E-state index contributed by atoms with van der Waals surface area (Å²) >= 11 is 21.8. The minimum atomic E-state index is -2.15. The number of hydrogen-bond donors (Lipinski definition) is 1. The van der Waals surface area contributed by atoms with Crippen LogP contribution in [0.25, 0.3) is 0 Å². The van der Waals surface area contributed by atoms with Gasteiger partial charge in [0.15, 0.2) is 21.2 Å². The topological polar surface area (TPSA) is 104 Å². The molecular formula is C35H27Br2Cl2FN2O6. The highest BCUT2D eigenvalue weighted by Gasteiger charge is 2.77. The molecule has 2 aliphatic carbocycles. The van der Waals surface area contributed by atoms with Crippen molar-refractivity contribution in [3.8, 4) is 11.5 Å². The molecule has 1 saturated carbocycles. The zero-order valence-corrected chi connectivity index (χ0v) is 30.2. The van der Waals surface area contributed by atoms with Gasteiger partial charge < -0.3 is 9.84 Å². The third-order valence-corrected chi connectivity index (χ3v) is 13.8. The van der Waals surface area contributed by atoms with Crippen molar-refractivity contribution in [1.29, 1.82) is 0 Å². The molecule has 4 amide bonds. The molecule has 2 heterocycles. The fourth-order valence-electron chi connectivity index (χ4n) is 7.86. The molecule has 2 aliphatic heterocycles. The number of methoxy groups -OCH3 is 1. The van der Waals surface area contributed by atoms with E-state index in [0.29, 0.717) is 21.3 Å². The Kier molecular flexibility index (Phi) is 8.09. The molecule has 2 saturated heterocycles. The van der Waals surface area contributed by atoms with Gasteiger partial charge in [-0.15, -0.1) is 23.2 Å². The van der Waals surface area contributed by atoms with Crippen LogP contribution >= 0.6 is 55.1 Å². The first kappa shape index (κ1) is 33.3. The van der Waals surface area contributed by atoms with E-state index in [-0.39, 0.29) is 40.4 Å². The summed E-state index contributed by atoms with van der Waals surface area (Å²) in [5.74, 6) is -6.72. The Morgan fingerprint density at radius 1 is 0.917 bits per heavy atom. The van der Waals surface area contributed by atoms with E-state index in [1.165, 1.54) is 30.2 Å². The quantitative estimate of drug-likeness (QED) is 0.164. The number of hydrogen-bond acceptors (Lipinski definition) is 6. The number of aromatic hydroxyl groups is 1. The first-order chi connectivity index (χ1) is 22.8. The number of amides is 4. The van der Waals surface area contributed by atoms with Crippen molar-refractivity contribution in [3.05, 3.63) is 92.1 Å². The predicted molar refractivity (Wildman–Crippen MR) is 185 cm³/mol. The highest BCUT2D eigenvalue weighted by atomic mass is 79.9. The van der Waals surface area contributed by atoms with Crippen LogP contribution in [-0.4, -0.2) is 45.6 Å². The lowest BCUT2D eigenvalue weighted by Crippen LogP contribution is -2.60. The smallest absolute Gasteiger partial charge is 0.258 e. The van der Waals surface area contributed by atoms with Gasteiger partial charge >= 0.3 is 0 Å². The van der Waals surface area contributed by atoms with Crippen molar-refractivity contribution in [1.82, 2.24) is 0 Å². The molecular weight excluding hydrogens is 794 g/mol. The number of carbonyl (C=O) groups is 4. The van der Waals surface area contributed by atoms with Crippen LogP contribution in [0.5, 0.6) is 11.5 Å². The number of benzene rings is 3. The maximum Gasteiger partial charge on any atom is 0.258 e. The number of fused-ring (bicyclic) bond motifs is 4. The molecule has 48 heavy (non-hydrogen) atoms. The summed E-state index contributed by atoms with van der Waals surface area (Å²) in [6.07, 6.45) is 2.57. The summed E-state index contributed by atoms with van der Waals surface area (Å²) in [6, 6.07) is 13.5. The van der Waals surface area contributed by atoms with Crippen LogP contribution in [0, 0.1) is 23.6 Å². The largest absolute Gasteiger partial charge is 0.503 e. The number of anilines is 2. The Bertz CT molecular complexity index is 1960. The van der Waals surface area contributed by atoms with Crippen LogP contribution in [0.3, 0.4) is 0 Å². The van der Waals surface area contributed by atoms with Crippen molar-refractivity contribution in [3.63, 3.8) is 0 Å². The highest BCUT2D eigenvalue weighted by molar-refractivity contribution is 9.13. The zero-order valence-electron chi connectivity index (χ0n) is 25.5. The fourth-order valence-corrected chi connectivity index (χ4v) is 9.74. The Labute approximate surface area is 302 Å². The van der Waals surface area contributed by atoms with Crippen LogP contribution < -0.4 is 14.5 Å². The average Bonchev–Trinajstić information content (AvgIpc) is 3.42. The summed E-state index contributed by atoms with van der Waals surface area (Å²) in [5.41, 5.74) is 2.49. The summed E-state index contributed by atoms with van der Waals surface area (Å²) in [6.45, 7) is 2.01. The maximum atomic E-state index is 14.6. The average molecular weight is 821 g/mol. The van der Waals surface area contributed by atoms with E-state index < -0.39 is 57.0 Å². The van der Waals surface area contributed by atoms with Gasteiger partial charge in [0, 0.05) is 10.4 Å². The first-order valence-electron chi connectivity index (χ1n) is 15.2. The van der Waals surface area contributed by atoms with Gasteiger partial charge in [0.2, 0.25) is 11.8 Å². The van der Waals surface area contributed by atoms with E-state index in [1.54, 1.807) is 12.1 Å². The second kappa shape index (κ2) is 11.7. The van der Waals surface area contributed by atoms with E-state index in [0.717, 1.165) is 29.0 Å². The molecule has 0 spiro atoms. The van der Waals surface area contributed by atoms with Gasteiger partial charge in [0.25, 0.3) is 11.8 Å². The van der Waals surface area contributed by atoms with Crippen molar-refractivity contribution in [2.75, 3.05) is 16.9 Å². The van der Waals surface area contributed by atoms with Crippen LogP contribution in [0.15, 0.2) is 75.2 Å². The third-order valence-electron chi connectivity index (χ3n) is 10.2. The van der Waals surface area contributed by atoms with Gasteiger partial charge in [0.1, 0.15) is 5.82 Å². The van der Waals surface area contributed by atoms with Crippen LogP contribution in [0.2, 0.25) is 0 Å². The lowest BCUT2D eigenvalue weighted by Gasteiger charge is -2.51. The minimum absolute atomic E-state index is 0.0536. The number of carbonyl (C=O) groups excluding carboxylic acids is 4. The van der Waals surface area contributed by atoms with Crippen molar-refractivity contribution in [2.45, 2.75) is 41.9 Å². The second-order valence-corrected chi connectivity index (χ2v) is 15.3. The fraction of sp³-hybridized carbons (Fsp3) is 0.314. The Hall–Kier alpha value is -3.25. The van der Waals surface area contributed by atoms with Crippen molar-refractivity contribution in [2.24, 2.45) is 17.8 Å². The summed E-state index contributed by atoms with van der Waals surface area (Å²) in [5, 5.41) is 10.8. The van der Waals surface area contributed by atoms with E-state index in [1.807, 2.05) is 25.1 Å². The number of alkyl halides is 2. The first-order valence-corrected chi connectivity index (χ1v) is 17.6. The lowest BCUT2D eigenvalue weighted by atomic mass is 9.56. The number of nitrogens with zero attached hydrogens (tertiary/aromatic N) is 2. The molecule has 8 nitrogen and oxygen atoms in total. The Balaban J connectivity index is 1.42. The maximum absolute atomic E-state index is 14.6. The molecule has 248 valence electrons. The molecule has 13 heteroatoms. The highest BCUT2D eigenvalue weighted by Crippen LogP contribution is 2.67. The van der Waals surface area contributed by atoms with Crippen LogP contribution in [0.1, 0.15) is 36.8 Å². The van der Waals surface area contributed by atoms with Crippen molar-refractivity contribution < 1.29 is 33.4 Å². The standard InChI is InChI=1S/C35H27Br2Cl2FN2O6/c1-3-16-4-8-18(9-5-16)41-30(44)21-13-12-20-23(25(21)31(41)45)15-34(38)32(46)42(19-10-6-17(40)7-11-19)33(47)35(34,39)26(20)22-14-24(48-2)29(43)28(37)27(22)36/h4-12,14,21,23,25-26,43H,3,13,15H2,1-2H3/t21-,23+,25-,26+,34+,35-/m0/s1. The molecule has 3 aromatic rings. The number of halogens is 5. The third kappa shape index (κ3) is 4.43. The molecule has 1 N–H and O–H groups in total. The monoisotopic (exact) mass is 818 g/mol. The summed E-state index contributed by atoms with van der Waals surface area (Å²) in [4.78, 5) is 55.1. The minimum Gasteiger partial charge on any atom is -0.503 e. The molecule has 7 rings (SSSR count). The molecule has 4 aliphatic rings. The van der Waals surface area contributed by atoms with Crippen LogP contribution in [0.4, 0.5) is 15.8 Å². The molecule has 0 unspecified atom stereocenters. The number of rotatable bonds is 5. The van der Waals surface area contributed by atoms with Gasteiger partial charge in [-0.2, -0.15) is 0 Å². The normalized spacial score (nSPS) is 29.5. The lowest BCUT2D eigenvalue weighted by molar-refractivity contribution is -0.125. The van der Waals surface area contributed by atoms with E-state index >= 15 is 0 Å². The van der Waals surface area contributed by atoms with Crippen LogP contribution in [-0.2, 0) is 25.6 Å². The van der Waals surface area contributed by atoms with Gasteiger partial charge in [-0.05, 0) is 111 Å². The predicted octanol–water partition coefficient (Wildman–Crippen LogP) is 7.40. The molecule has 3 aromatic carbocycles. The number of imide groups is 2. The number of phenols is 1. The van der Waals surface area contributed by atoms with E-state index in [2.05, 4.69) is 31.9 Å². The molecule has 0 aromatic heterocycles. The zero-order chi connectivity index (χ0) is 34.4. The molecule has 6 atom stereocenters. The molecule has 3 fully saturated rings. The van der Waals surface area contributed by atoms with Gasteiger partial charge in [-0.1, -0.05) is 30.7 Å². The molecule has 0 radical (unpaired) electrons. The Morgan fingerprint density at radius 3 is 2.17 bits per heavy atom. The number of ether oxygens (including phenoxy) is 1. The summed E-state index contributed by atoms with van der Waals surface area (Å²) in [7, 11) is 1.36. The number of phenolic OH excluding ortho intramolecular Hbond substituents is 1. The van der Waals surface area contributed by atoms with E-state index in [9.17, 15) is 28.7 Å². The van der Waals surface area contributed by atoms with Gasteiger partial charge in [0.05, 0.1) is 34.8 Å². The Morgan fingerprint density at radius 2 is 1.54 bits per heavy atom. The molecule has 0 bridgehead atoms.